The summed E-state index contributed by atoms with van der Waals surface area (Å²) in [4.78, 5) is 34.4. The van der Waals surface area contributed by atoms with Gasteiger partial charge in [0.25, 0.3) is 0 Å². The number of nitrogens with zero attached hydrogens (tertiary/aromatic N) is 1. The maximum Gasteiger partial charge on any atom is 0.333 e. The maximum absolute atomic E-state index is 11.6. The van der Waals surface area contributed by atoms with Crippen LogP contribution in [0, 0.1) is 17.2 Å². The number of carbonyl (C=O) groups is 3. The molecule has 0 aliphatic carbocycles. The van der Waals surface area contributed by atoms with Crippen LogP contribution in [0.2, 0.25) is 0 Å². The lowest BCUT2D eigenvalue weighted by Gasteiger charge is -2.18. The van der Waals surface area contributed by atoms with Crippen LogP contribution in [0.1, 0.15) is 13.8 Å². The van der Waals surface area contributed by atoms with Gasteiger partial charge < -0.3 is 14.8 Å². The highest BCUT2D eigenvalue weighted by molar-refractivity contribution is 8.00. The molecule has 0 spiro atoms. The number of hydrogen-bond donors (Lipinski definition) is 1. The predicted octanol–water partition coefficient (Wildman–Crippen LogP) is 0.0986. The summed E-state index contributed by atoms with van der Waals surface area (Å²) in [7, 11) is 2.37. The topological polar surface area (TPSA) is 105 Å². The third-order valence-electron chi connectivity index (χ3n) is 2.29. The highest BCUT2D eigenvalue weighted by Crippen LogP contribution is 2.14. The quantitative estimate of drug-likeness (QED) is 0.665. The van der Waals surface area contributed by atoms with Gasteiger partial charge in [-0.1, -0.05) is 13.8 Å². The Bertz CT molecular complexity index is 405. The van der Waals surface area contributed by atoms with E-state index < -0.39 is 23.2 Å². The highest BCUT2D eigenvalue weighted by atomic mass is 32.2. The van der Waals surface area contributed by atoms with Crippen LogP contribution in [0.4, 0.5) is 0 Å². The number of carbonyl (C=O) groups excluding carboxylic acids is 3. The van der Waals surface area contributed by atoms with E-state index in [0.717, 1.165) is 11.8 Å². The van der Waals surface area contributed by atoms with Crippen LogP contribution in [0.3, 0.4) is 0 Å². The minimum absolute atomic E-state index is 0.0401. The van der Waals surface area contributed by atoms with Gasteiger partial charge in [-0.15, -0.1) is 11.8 Å². The van der Waals surface area contributed by atoms with Gasteiger partial charge in [-0.25, -0.2) is 9.59 Å². The standard InChI is InChI=1S/C12H18N2O5S/c1-7(2)10(15)14-8(11(16)18-3)6-20-9(5-13)12(17)19-4/h7-9H,6H2,1-4H3,(H,14,15)/t8-,9?/m0/s1. The van der Waals surface area contributed by atoms with Crippen LogP contribution in [-0.4, -0.2) is 49.1 Å². The Morgan fingerprint density at radius 1 is 1.20 bits per heavy atom. The van der Waals surface area contributed by atoms with Gasteiger partial charge in [0.05, 0.1) is 20.3 Å². The molecule has 7 nitrogen and oxygen atoms in total. The fourth-order valence-electron chi connectivity index (χ4n) is 1.11. The molecular formula is C12H18N2O5S. The first kappa shape index (κ1) is 18.2. The lowest BCUT2D eigenvalue weighted by atomic mass is 10.2. The molecule has 0 aromatic carbocycles. The summed E-state index contributed by atoms with van der Waals surface area (Å²) < 4.78 is 9.04. The Hall–Kier alpha value is -1.75. The number of methoxy groups -OCH3 is 2. The average Bonchev–Trinajstić information content (AvgIpc) is 2.44. The maximum atomic E-state index is 11.6. The first-order chi connectivity index (χ1) is 9.37. The number of esters is 2. The molecule has 0 saturated heterocycles. The Morgan fingerprint density at radius 3 is 2.15 bits per heavy atom. The van der Waals surface area contributed by atoms with E-state index in [4.69, 9.17) is 5.26 Å². The van der Waals surface area contributed by atoms with Crippen molar-refractivity contribution in [2.45, 2.75) is 25.1 Å². The van der Waals surface area contributed by atoms with Crippen molar-refractivity contribution in [1.29, 1.82) is 5.26 Å². The third kappa shape index (κ3) is 5.93. The van der Waals surface area contributed by atoms with Gasteiger partial charge in [0.1, 0.15) is 6.04 Å². The lowest BCUT2D eigenvalue weighted by Crippen LogP contribution is -2.45. The summed E-state index contributed by atoms with van der Waals surface area (Å²) in [5, 5.41) is 10.3. The van der Waals surface area contributed by atoms with E-state index in [1.165, 1.54) is 14.2 Å². The van der Waals surface area contributed by atoms with Crippen molar-refractivity contribution in [2.75, 3.05) is 20.0 Å². The van der Waals surface area contributed by atoms with Crippen LogP contribution >= 0.6 is 11.8 Å². The Morgan fingerprint density at radius 2 is 1.75 bits per heavy atom. The molecule has 0 aromatic rings. The van der Waals surface area contributed by atoms with Gasteiger partial charge in [-0.05, 0) is 0 Å². The molecule has 20 heavy (non-hydrogen) atoms. The normalized spacial score (nSPS) is 13.0. The molecule has 112 valence electrons. The largest absolute Gasteiger partial charge is 0.467 e. The van der Waals surface area contributed by atoms with Crippen molar-refractivity contribution >= 4 is 29.6 Å². The molecule has 0 fully saturated rings. The molecule has 2 atom stereocenters. The first-order valence-corrected chi connectivity index (χ1v) is 6.89. The number of nitriles is 1. The van der Waals surface area contributed by atoms with E-state index in [1.807, 2.05) is 0 Å². The molecule has 0 saturated carbocycles. The molecule has 1 N–H and O–H groups in total. The van der Waals surface area contributed by atoms with Gasteiger partial charge in [0.2, 0.25) is 5.91 Å². The SMILES string of the molecule is COC(=O)C(C#N)SC[C@H](NC(=O)C(C)C)C(=O)OC. The molecule has 0 aromatic heterocycles. The molecule has 1 unspecified atom stereocenters. The van der Waals surface area contributed by atoms with Crippen LogP contribution in [0.5, 0.6) is 0 Å². The van der Waals surface area contributed by atoms with E-state index in [1.54, 1.807) is 19.9 Å². The van der Waals surface area contributed by atoms with Crippen LogP contribution in [0.25, 0.3) is 0 Å². The molecule has 0 radical (unpaired) electrons. The number of thioether (sulfide) groups is 1. The second kappa shape index (κ2) is 9.20. The van der Waals surface area contributed by atoms with Gasteiger partial charge >= 0.3 is 11.9 Å². The van der Waals surface area contributed by atoms with Gasteiger partial charge in [0, 0.05) is 11.7 Å². The molecule has 8 heteroatoms. The molecule has 0 rings (SSSR count). The summed E-state index contributed by atoms with van der Waals surface area (Å²) in [5.41, 5.74) is 0. The lowest BCUT2D eigenvalue weighted by molar-refractivity contribution is -0.144. The summed E-state index contributed by atoms with van der Waals surface area (Å²) in [6.07, 6.45) is 0. The van der Waals surface area contributed by atoms with E-state index in [0.29, 0.717) is 0 Å². The smallest absolute Gasteiger partial charge is 0.333 e. The van der Waals surface area contributed by atoms with Crippen LogP contribution in [-0.2, 0) is 23.9 Å². The molecule has 0 aliphatic rings. The summed E-state index contributed by atoms with van der Waals surface area (Å²) in [5.74, 6) is -1.89. The van der Waals surface area contributed by atoms with Crippen LogP contribution < -0.4 is 5.32 Å². The zero-order chi connectivity index (χ0) is 15.7. The fraction of sp³-hybridized carbons (Fsp3) is 0.667. The molecule has 0 bridgehead atoms. The van der Waals surface area contributed by atoms with E-state index in [-0.39, 0.29) is 17.6 Å². The minimum Gasteiger partial charge on any atom is -0.467 e. The number of nitrogens with one attached hydrogen (secondary N) is 1. The van der Waals surface area contributed by atoms with Crippen molar-refractivity contribution in [3.05, 3.63) is 0 Å². The molecule has 0 aliphatic heterocycles. The van der Waals surface area contributed by atoms with Gasteiger partial charge in [-0.3, -0.25) is 4.79 Å². The van der Waals surface area contributed by atoms with Crippen molar-refractivity contribution in [3.8, 4) is 6.07 Å². The van der Waals surface area contributed by atoms with Gasteiger partial charge in [-0.2, -0.15) is 5.26 Å². The second-order valence-corrected chi connectivity index (χ2v) is 5.24. The van der Waals surface area contributed by atoms with E-state index in [2.05, 4.69) is 14.8 Å². The van der Waals surface area contributed by atoms with Crippen molar-refractivity contribution in [2.24, 2.45) is 5.92 Å². The number of hydrogen-bond acceptors (Lipinski definition) is 7. The van der Waals surface area contributed by atoms with Crippen LogP contribution in [0.15, 0.2) is 0 Å². The number of amides is 1. The molecular weight excluding hydrogens is 284 g/mol. The third-order valence-corrected chi connectivity index (χ3v) is 3.45. The van der Waals surface area contributed by atoms with E-state index in [9.17, 15) is 14.4 Å². The Balaban J connectivity index is 4.67. The Kier molecular flexibility index (Phi) is 8.40. The molecule has 0 heterocycles. The number of ether oxygens (including phenoxy) is 2. The zero-order valence-electron chi connectivity index (χ0n) is 11.8. The van der Waals surface area contributed by atoms with Gasteiger partial charge in [0.15, 0.2) is 5.25 Å². The average molecular weight is 302 g/mol. The zero-order valence-corrected chi connectivity index (χ0v) is 12.7. The predicted molar refractivity (Wildman–Crippen MR) is 72.7 cm³/mol. The van der Waals surface area contributed by atoms with Crippen molar-refractivity contribution in [3.63, 3.8) is 0 Å². The number of rotatable bonds is 7. The highest BCUT2D eigenvalue weighted by Gasteiger charge is 2.27. The van der Waals surface area contributed by atoms with E-state index >= 15 is 0 Å². The van der Waals surface area contributed by atoms with Crippen molar-refractivity contribution in [1.82, 2.24) is 5.32 Å². The van der Waals surface area contributed by atoms with Crippen molar-refractivity contribution < 1.29 is 23.9 Å². The fourth-order valence-corrected chi connectivity index (χ4v) is 2.02. The summed E-state index contributed by atoms with van der Waals surface area (Å²) in [6, 6.07) is 0.848. The molecule has 1 amide bonds. The summed E-state index contributed by atoms with van der Waals surface area (Å²) >= 11 is 0.909. The second-order valence-electron chi connectivity index (χ2n) is 4.10. The monoisotopic (exact) mass is 302 g/mol. The summed E-state index contributed by atoms with van der Waals surface area (Å²) in [6.45, 7) is 3.37. The minimum atomic E-state index is -1.05. The Labute approximate surface area is 122 Å². The first-order valence-electron chi connectivity index (χ1n) is 5.84.